The smallest absolute Gasteiger partial charge is 0.251 e. The molecular formula is C24H26N4O. The Morgan fingerprint density at radius 2 is 1.69 bits per heavy atom. The number of rotatable bonds is 5. The predicted molar refractivity (Wildman–Crippen MR) is 116 cm³/mol. The van der Waals surface area contributed by atoms with Crippen LogP contribution in [0.4, 0.5) is 5.95 Å². The highest BCUT2D eigenvalue weighted by molar-refractivity contribution is 5.95. The van der Waals surface area contributed by atoms with Gasteiger partial charge in [0.05, 0.1) is 6.04 Å². The Morgan fingerprint density at radius 1 is 1.00 bits per heavy atom. The molecule has 2 heterocycles. The topological polar surface area (TPSA) is 58.1 Å². The average molecular weight is 386 g/mol. The molecule has 1 N–H and O–H groups in total. The molecule has 29 heavy (non-hydrogen) atoms. The Balaban J connectivity index is 1.47. The molecule has 2 aromatic carbocycles. The van der Waals surface area contributed by atoms with Crippen LogP contribution in [-0.2, 0) is 0 Å². The van der Waals surface area contributed by atoms with E-state index in [0.29, 0.717) is 5.56 Å². The zero-order valence-corrected chi connectivity index (χ0v) is 16.9. The highest BCUT2D eigenvalue weighted by atomic mass is 16.1. The summed E-state index contributed by atoms with van der Waals surface area (Å²) in [5, 5.41) is 3.08. The number of anilines is 1. The number of carbonyl (C=O) groups is 1. The quantitative estimate of drug-likeness (QED) is 0.699. The molecule has 1 aromatic heterocycles. The minimum atomic E-state index is -0.0884. The van der Waals surface area contributed by atoms with Crippen LogP contribution in [0.3, 0.4) is 0 Å². The van der Waals surface area contributed by atoms with Gasteiger partial charge in [-0.15, -0.1) is 0 Å². The second kappa shape index (κ2) is 8.43. The molecule has 1 saturated heterocycles. The van der Waals surface area contributed by atoms with Gasteiger partial charge in [-0.2, -0.15) is 0 Å². The third-order valence-electron chi connectivity index (χ3n) is 5.41. The number of nitrogens with zero attached hydrogens (tertiary/aromatic N) is 3. The van der Waals surface area contributed by atoms with E-state index in [1.54, 1.807) is 0 Å². The van der Waals surface area contributed by atoms with Crippen LogP contribution in [0.25, 0.3) is 11.1 Å². The Labute approximate surface area is 171 Å². The van der Waals surface area contributed by atoms with Crippen molar-refractivity contribution in [3.63, 3.8) is 0 Å². The Hall–Kier alpha value is -3.21. The number of aromatic nitrogens is 2. The molecule has 1 amide bonds. The lowest BCUT2D eigenvalue weighted by Crippen LogP contribution is -2.26. The first-order chi connectivity index (χ1) is 14.1. The maximum Gasteiger partial charge on any atom is 0.251 e. The van der Waals surface area contributed by atoms with Crippen molar-refractivity contribution in [2.75, 3.05) is 18.0 Å². The van der Waals surface area contributed by atoms with E-state index in [-0.39, 0.29) is 11.9 Å². The molecule has 1 fully saturated rings. The number of nitrogens with one attached hydrogen (secondary N) is 1. The normalized spacial score (nSPS) is 14.6. The molecule has 0 spiro atoms. The molecule has 5 nitrogen and oxygen atoms in total. The molecular weight excluding hydrogens is 360 g/mol. The summed E-state index contributed by atoms with van der Waals surface area (Å²) in [6.07, 6.45) is 6.08. The highest BCUT2D eigenvalue weighted by Crippen LogP contribution is 2.22. The van der Waals surface area contributed by atoms with E-state index in [2.05, 4.69) is 51.4 Å². The first-order valence-corrected chi connectivity index (χ1v) is 10.1. The van der Waals surface area contributed by atoms with Gasteiger partial charge in [0, 0.05) is 36.6 Å². The van der Waals surface area contributed by atoms with Crippen molar-refractivity contribution >= 4 is 11.9 Å². The van der Waals surface area contributed by atoms with Crippen LogP contribution in [0.15, 0.2) is 60.9 Å². The van der Waals surface area contributed by atoms with Crippen LogP contribution in [0.5, 0.6) is 0 Å². The third-order valence-corrected chi connectivity index (χ3v) is 5.41. The van der Waals surface area contributed by atoms with E-state index in [0.717, 1.165) is 35.7 Å². The minimum Gasteiger partial charge on any atom is -0.346 e. The van der Waals surface area contributed by atoms with Gasteiger partial charge < -0.3 is 10.2 Å². The minimum absolute atomic E-state index is 0.0603. The van der Waals surface area contributed by atoms with Crippen LogP contribution in [0.2, 0.25) is 0 Å². The monoisotopic (exact) mass is 386 g/mol. The fourth-order valence-electron chi connectivity index (χ4n) is 3.61. The summed E-state index contributed by atoms with van der Waals surface area (Å²) in [4.78, 5) is 24.0. The van der Waals surface area contributed by atoms with Crippen molar-refractivity contribution in [1.29, 1.82) is 0 Å². The van der Waals surface area contributed by atoms with Crippen molar-refractivity contribution in [3.05, 3.63) is 77.6 Å². The molecule has 0 unspecified atom stereocenters. The molecule has 4 rings (SSSR count). The maximum atomic E-state index is 12.8. The number of benzene rings is 2. The van der Waals surface area contributed by atoms with Gasteiger partial charge >= 0.3 is 0 Å². The lowest BCUT2D eigenvalue weighted by Gasteiger charge is -2.16. The standard InChI is InChI=1S/C24H26N4O/c1-17-8-10-19(11-9-17)18(2)27-23(29)21-7-5-6-20(14-21)22-15-25-24(26-16-22)28-12-3-4-13-28/h5-11,14-16,18H,3-4,12-13H2,1-2H3,(H,27,29)/t18-/m0/s1. The van der Waals surface area contributed by atoms with Crippen molar-refractivity contribution in [1.82, 2.24) is 15.3 Å². The summed E-state index contributed by atoms with van der Waals surface area (Å²) in [6, 6.07) is 15.8. The predicted octanol–water partition coefficient (Wildman–Crippen LogP) is 4.54. The van der Waals surface area contributed by atoms with Gasteiger partial charge in [0.1, 0.15) is 0 Å². The number of amides is 1. The number of hydrogen-bond acceptors (Lipinski definition) is 4. The van der Waals surface area contributed by atoms with Gasteiger partial charge in [-0.1, -0.05) is 42.0 Å². The fraction of sp³-hybridized carbons (Fsp3) is 0.292. The molecule has 0 saturated carbocycles. The molecule has 0 aliphatic carbocycles. The third kappa shape index (κ3) is 4.45. The second-order valence-corrected chi connectivity index (χ2v) is 7.65. The zero-order valence-electron chi connectivity index (χ0n) is 16.9. The Kier molecular flexibility index (Phi) is 5.56. The molecule has 0 radical (unpaired) electrons. The average Bonchev–Trinajstić information content (AvgIpc) is 3.29. The summed E-state index contributed by atoms with van der Waals surface area (Å²) in [6.45, 7) is 6.10. The summed E-state index contributed by atoms with van der Waals surface area (Å²) in [5.74, 6) is 0.696. The number of hydrogen-bond donors (Lipinski definition) is 1. The summed E-state index contributed by atoms with van der Waals surface area (Å²) in [7, 11) is 0. The molecule has 1 aliphatic heterocycles. The van der Waals surface area contributed by atoms with Crippen LogP contribution in [-0.4, -0.2) is 29.0 Å². The van der Waals surface area contributed by atoms with Crippen LogP contribution >= 0.6 is 0 Å². The van der Waals surface area contributed by atoms with E-state index in [1.807, 2.05) is 43.6 Å². The van der Waals surface area contributed by atoms with Crippen LogP contribution in [0.1, 0.15) is 47.3 Å². The molecule has 1 aliphatic rings. The molecule has 5 heteroatoms. The molecule has 148 valence electrons. The fourth-order valence-corrected chi connectivity index (χ4v) is 3.61. The Morgan fingerprint density at radius 3 is 2.38 bits per heavy atom. The van der Waals surface area contributed by atoms with E-state index < -0.39 is 0 Å². The van der Waals surface area contributed by atoms with Crippen molar-refractivity contribution in [3.8, 4) is 11.1 Å². The van der Waals surface area contributed by atoms with Crippen molar-refractivity contribution in [2.45, 2.75) is 32.7 Å². The lowest BCUT2D eigenvalue weighted by molar-refractivity contribution is 0.0940. The SMILES string of the molecule is Cc1ccc([C@H](C)NC(=O)c2cccc(-c3cnc(N4CCCC4)nc3)c2)cc1. The van der Waals surface area contributed by atoms with Crippen LogP contribution in [0, 0.1) is 6.92 Å². The summed E-state index contributed by atoms with van der Waals surface area (Å²) >= 11 is 0. The number of carbonyl (C=O) groups excluding carboxylic acids is 1. The second-order valence-electron chi connectivity index (χ2n) is 7.65. The Bertz CT molecular complexity index is 977. The van der Waals surface area contributed by atoms with E-state index in [1.165, 1.54) is 18.4 Å². The van der Waals surface area contributed by atoms with Gasteiger partial charge in [0.25, 0.3) is 5.91 Å². The maximum absolute atomic E-state index is 12.8. The highest BCUT2D eigenvalue weighted by Gasteiger charge is 2.15. The lowest BCUT2D eigenvalue weighted by atomic mass is 10.0. The zero-order chi connectivity index (χ0) is 20.2. The molecule has 0 bridgehead atoms. The van der Waals surface area contributed by atoms with Gasteiger partial charge in [-0.05, 0) is 49.9 Å². The summed E-state index contributed by atoms with van der Waals surface area (Å²) in [5.41, 5.74) is 4.77. The molecule has 1 atom stereocenters. The van der Waals surface area contributed by atoms with Gasteiger partial charge in [-0.3, -0.25) is 4.79 Å². The van der Waals surface area contributed by atoms with Gasteiger partial charge in [0.15, 0.2) is 0 Å². The summed E-state index contributed by atoms with van der Waals surface area (Å²) < 4.78 is 0. The van der Waals surface area contributed by atoms with Gasteiger partial charge in [-0.25, -0.2) is 9.97 Å². The van der Waals surface area contributed by atoms with Crippen molar-refractivity contribution in [2.24, 2.45) is 0 Å². The van der Waals surface area contributed by atoms with E-state index >= 15 is 0 Å². The van der Waals surface area contributed by atoms with E-state index in [4.69, 9.17) is 0 Å². The van der Waals surface area contributed by atoms with E-state index in [9.17, 15) is 4.79 Å². The first kappa shape index (κ1) is 19.1. The number of aryl methyl sites for hydroxylation is 1. The largest absolute Gasteiger partial charge is 0.346 e. The molecule has 3 aromatic rings. The van der Waals surface area contributed by atoms with Crippen molar-refractivity contribution < 1.29 is 4.79 Å². The van der Waals surface area contributed by atoms with Gasteiger partial charge in [0.2, 0.25) is 5.95 Å². The first-order valence-electron chi connectivity index (χ1n) is 10.1. The van der Waals surface area contributed by atoms with Crippen LogP contribution < -0.4 is 10.2 Å².